The van der Waals surface area contributed by atoms with E-state index in [1.54, 1.807) is 0 Å². The van der Waals surface area contributed by atoms with E-state index in [9.17, 15) is 4.79 Å². The highest BCUT2D eigenvalue weighted by atomic mass is 16.2. The average Bonchev–Trinajstić information content (AvgIpc) is 2.42. The third-order valence-electron chi connectivity index (χ3n) is 4.16. The van der Waals surface area contributed by atoms with Crippen LogP contribution >= 0.6 is 0 Å². The number of anilines is 1. The van der Waals surface area contributed by atoms with Crippen molar-refractivity contribution < 1.29 is 4.79 Å². The highest BCUT2D eigenvalue weighted by Gasteiger charge is 2.38. The Balaban J connectivity index is 2.15. The van der Waals surface area contributed by atoms with Gasteiger partial charge in [-0.15, -0.1) is 0 Å². The Morgan fingerprint density at radius 1 is 1.32 bits per heavy atom. The zero-order valence-electron chi connectivity index (χ0n) is 11.8. The molecule has 0 aromatic carbocycles. The Morgan fingerprint density at radius 3 is 2.58 bits per heavy atom. The number of nitrogens with one attached hydrogen (secondary N) is 1. The zero-order chi connectivity index (χ0) is 13.9. The van der Waals surface area contributed by atoms with Crippen LogP contribution in [0.4, 0.5) is 5.69 Å². The molecule has 4 heteroatoms. The Labute approximate surface area is 114 Å². The fourth-order valence-electron chi connectivity index (χ4n) is 2.83. The van der Waals surface area contributed by atoms with Crippen LogP contribution in [0.5, 0.6) is 0 Å². The molecule has 1 aromatic rings. The minimum Gasteiger partial charge on any atom is -0.329 e. The molecule has 1 saturated carbocycles. The molecule has 0 saturated heterocycles. The van der Waals surface area contributed by atoms with E-state index in [1.165, 1.54) is 6.42 Å². The lowest BCUT2D eigenvalue weighted by atomic mass is 9.73. The quantitative estimate of drug-likeness (QED) is 0.878. The standard InChI is InChI=1S/C15H23N3O/c1-11-6-7-13(12(2)17-11)18-14(19)15(10-16)8-4-3-5-9-15/h6-7H,3-5,8-10,16H2,1-2H3,(H,18,19). The van der Waals surface area contributed by atoms with E-state index in [0.29, 0.717) is 6.54 Å². The van der Waals surface area contributed by atoms with Crippen LogP contribution in [-0.4, -0.2) is 17.4 Å². The maximum absolute atomic E-state index is 12.5. The van der Waals surface area contributed by atoms with Gasteiger partial charge in [0, 0.05) is 12.2 Å². The Hall–Kier alpha value is -1.42. The van der Waals surface area contributed by atoms with Gasteiger partial charge in [-0.3, -0.25) is 9.78 Å². The summed E-state index contributed by atoms with van der Waals surface area (Å²) in [6.07, 6.45) is 5.19. The van der Waals surface area contributed by atoms with Gasteiger partial charge in [0.25, 0.3) is 0 Å². The predicted molar refractivity (Wildman–Crippen MR) is 76.9 cm³/mol. The zero-order valence-corrected chi connectivity index (χ0v) is 11.8. The molecular weight excluding hydrogens is 238 g/mol. The van der Waals surface area contributed by atoms with Crippen molar-refractivity contribution in [1.29, 1.82) is 0 Å². The van der Waals surface area contributed by atoms with Crippen molar-refractivity contribution in [3.63, 3.8) is 0 Å². The molecule has 104 valence electrons. The number of nitrogens with zero attached hydrogens (tertiary/aromatic N) is 1. The van der Waals surface area contributed by atoms with Crippen LogP contribution in [0.15, 0.2) is 12.1 Å². The molecule has 2 rings (SSSR count). The van der Waals surface area contributed by atoms with Crippen molar-refractivity contribution in [2.75, 3.05) is 11.9 Å². The molecule has 1 aliphatic carbocycles. The van der Waals surface area contributed by atoms with Crippen molar-refractivity contribution in [2.45, 2.75) is 46.0 Å². The third kappa shape index (κ3) is 2.95. The van der Waals surface area contributed by atoms with E-state index in [0.717, 1.165) is 42.8 Å². The first kappa shape index (κ1) is 14.0. The lowest BCUT2D eigenvalue weighted by Gasteiger charge is -2.34. The summed E-state index contributed by atoms with van der Waals surface area (Å²) in [5.41, 5.74) is 8.12. The summed E-state index contributed by atoms with van der Waals surface area (Å²) < 4.78 is 0. The first-order valence-electron chi connectivity index (χ1n) is 7.03. The smallest absolute Gasteiger partial charge is 0.231 e. The highest BCUT2D eigenvalue weighted by Crippen LogP contribution is 2.36. The van der Waals surface area contributed by atoms with Gasteiger partial charge in [-0.2, -0.15) is 0 Å². The summed E-state index contributed by atoms with van der Waals surface area (Å²) in [5, 5.41) is 3.02. The van der Waals surface area contributed by atoms with Gasteiger partial charge in [-0.05, 0) is 38.8 Å². The summed E-state index contributed by atoms with van der Waals surface area (Å²) in [6, 6.07) is 3.83. The molecule has 0 atom stereocenters. The van der Waals surface area contributed by atoms with E-state index in [-0.39, 0.29) is 11.3 Å². The second kappa shape index (κ2) is 5.70. The van der Waals surface area contributed by atoms with Crippen LogP contribution in [0.1, 0.15) is 43.5 Å². The molecule has 1 aromatic heterocycles. The molecule has 0 radical (unpaired) electrons. The number of hydrogen-bond donors (Lipinski definition) is 2. The predicted octanol–water partition coefficient (Wildman–Crippen LogP) is 2.55. The number of amides is 1. The van der Waals surface area contributed by atoms with Crippen LogP contribution in [-0.2, 0) is 4.79 Å². The van der Waals surface area contributed by atoms with Gasteiger partial charge >= 0.3 is 0 Å². The first-order valence-corrected chi connectivity index (χ1v) is 7.03. The molecule has 19 heavy (non-hydrogen) atoms. The highest BCUT2D eigenvalue weighted by molar-refractivity contribution is 5.96. The minimum atomic E-state index is -0.379. The van der Waals surface area contributed by atoms with Gasteiger partial charge in [0.05, 0.1) is 16.8 Å². The van der Waals surface area contributed by atoms with Gasteiger partial charge in [0.15, 0.2) is 0 Å². The van der Waals surface area contributed by atoms with Crippen molar-refractivity contribution in [1.82, 2.24) is 4.98 Å². The molecular formula is C15H23N3O. The number of nitrogens with two attached hydrogens (primary N) is 1. The molecule has 1 aliphatic rings. The number of carbonyl (C=O) groups is 1. The summed E-state index contributed by atoms with van der Waals surface area (Å²) in [4.78, 5) is 16.9. The number of pyridine rings is 1. The van der Waals surface area contributed by atoms with E-state index >= 15 is 0 Å². The molecule has 1 fully saturated rings. The first-order chi connectivity index (χ1) is 9.07. The number of rotatable bonds is 3. The van der Waals surface area contributed by atoms with Crippen molar-refractivity contribution >= 4 is 11.6 Å². The van der Waals surface area contributed by atoms with Crippen LogP contribution < -0.4 is 11.1 Å². The van der Waals surface area contributed by atoms with Crippen molar-refractivity contribution in [2.24, 2.45) is 11.1 Å². The lowest BCUT2D eigenvalue weighted by Crippen LogP contribution is -2.44. The number of aromatic nitrogens is 1. The third-order valence-corrected chi connectivity index (χ3v) is 4.16. The molecule has 0 bridgehead atoms. The van der Waals surface area contributed by atoms with E-state index < -0.39 is 0 Å². The molecule has 0 unspecified atom stereocenters. The average molecular weight is 261 g/mol. The van der Waals surface area contributed by atoms with Crippen molar-refractivity contribution in [3.05, 3.63) is 23.5 Å². The topological polar surface area (TPSA) is 68.0 Å². The van der Waals surface area contributed by atoms with Crippen LogP contribution in [0, 0.1) is 19.3 Å². The molecule has 1 heterocycles. The van der Waals surface area contributed by atoms with E-state index in [4.69, 9.17) is 5.73 Å². The van der Waals surface area contributed by atoms with Gasteiger partial charge in [0.2, 0.25) is 5.91 Å². The fourth-order valence-corrected chi connectivity index (χ4v) is 2.83. The molecule has 4 nitrogen and oxygen atoms in total. The van der Waals surface area contributed by atoms with Gasteiger partial charge in [0.1, 0.15) is 0 Å². The van der Waals surface area contributed by atoms with E-state index in [2.05, 4.69) is 10.3 Å². The maximum atomic E-state index is 12.5. The number of carbonyl (C=O) groups excluding carboxylic acids is 1. The van der Waals surface area contributed by atoms with Crippen molar-refractivity contribution in [3.8, 4) is 0 Å². The summed E-state index contributed by atoms with van der Waals surface area (Å²) >= 11 is 0. The second-order valence-corrected chi connectivity index (χ2v) is 5.58. The SMILES string of the molecule is Cc1ccc(NC(=O)C2(CN)CCCCC2)c(C)n1. The number of aryl methyl sites for hydroxylation is 2. The minimum absolute atomic E-state index is 0.0588. The fraction of sp³-hybridized carbons (Fsp3) is 0.600. The maximum Gasteiger partial charge on any atom is 0.231 e. The van der Waals surface area contributed by atoms with E-state index in [1.807, 2.05) is 26.0 Å². The second-order valence-electron chi connectivity index (χ2n) is 5.58. The summed E-state index contributed by atoms with van der Waals surface area (Å²) in [6.45, 7) is 4.29. The monoisotopic (exact) mass is 261 g/mol. The Bertz CT molecular complexity index is 464. The molecule has 0 aliphatic heterocycles. The van der Waals surface area contributed by atoms with Crippen LogP contribution in [0.3, 0.4) is 0 Å². The summed E-state index contributed by atoms with van der Waals surface area (Å²) in [5.74, 6) is 0.0588. The lowest BCUT2D eigenvalue weighted by molar-refractivity contribution is -0.126. The Kier molecular flexibility index (Phi) is 4.20. The van der Waals surface area contributed by atoms with Crippen LogP contribution in [0.25, 0.3) is 0 Å². The van der Waals surface area contributed by atoms with Gasteiger partial charge < -0.3 is 11.1 Å². The van der Waals surface area contributed by atoms with Gasteiger partial charge in [-0.25, -0.2) is 0 Å². The normalized spacial score (nSPS) is 18.1. The summed E-state index contributed by atoms with van der Waals surface area (Å²) in [7, 11) is 0. The molecule has 0 spiro atoms. The molecule has 1 amide bonds. The van der Waals surface area contributed by atoms with Crippen LogP contribution in [0.2, 0.25) is 0 Å². The Morgan fingerprint density at radius 2 is 2.00 bits per heavy atom. The number of hydrogen-bond acceptors (Lipinski definition) is 3. The largest absolute Gasteiger partial charge is 0.329 e. The molecule has 3 N–H and O–H groups in total. The van der Waals surface area contributed by atoms with Gasteiger partial charge in [-0.1, -0.05) is 19.3 Å².